The van der Waals surface area contributed by atoms with E-state index in [9.17, 15) is 0 Å². The van der Waals surface area contributed by atoms with Crippen LogP contribution in [0.1, 0.15) is 6.92 Å². The number of fused-ring (bicyclic) bond motifs is 1. The number of hydrogen-bond donors (Lipinski definition) is 1. The average molecular weight is 281 g/mol. The van der Waals surface area contributed by atoms with Crippen LogP contribution in [0.4, 0.5) is 5.69 Å². The summed E-state index contributed by atoms with van der Waals surface area (Å²) in [6.07, 6.45) is 1.46. The number of benzene rings is 2. The molecule has 3 aromatic rings. The molecule has 5 heteroatoms. The summed E-state index contributed by atoms with van der Waals surface area (Å²) >= 11 is 0. The highest BCUT2D eigenvalue weighted by molar-refractivity contribution is 5.85. The molecule has 106 valence electrons. The second-order valence-electron chi connectivity index (χ2n) is 4.47. The van der Waals surface area contributed by atoms with Gasteiger partial charge in [0.25, 0.3) is 0 Å². The van der Waals surface area contributed by atoms with E-state index in [0.717, 1.165) is 16.7 Å². The van der Waals surface area contributed by atoms with Crippen LogP contribution < -0.4 is 15.2 Å². The fraction of sp³-hybridized carbons (Fsp3) is 0.125. The van der Waals surface area contributed by atoms with Crippen molar-refractivity contribution >= 4 is 16.6 Å². The van der Waals surface area contributed by atoms with E-state index >= 15 is 0 Å². The smallest absolute Gasteiger partial charge is 0.230 e. The third kappa shape index (κ3) is 2.86. The van der Waals surface area contributed by atoms with Crippen LogP contribution in [0, 0.1) is 0 Å². The summed E-state index contributed by atoms with van der Waals surface area (Å²) in [6.45, 7) is 2.55. The topological polar surface area (TPSA) is 70.3 Å². The van der Waals surface area contributed by atoms with E-state index in [1.54, 1.807) is 12.1 Å². The van der Waals surface area contributed by atoms with Crippen molar-refractivity contribution in [3.05, 3.63) is 48.8 Å². The van der Waals surface area contributed by atoms with Crippen LogP contribution in [0.2, 0.25) is 0 Å². The van der Waals surface area contributed by atoms with Gasteiger partial charge in [-0.25, -0.2) is 9.97 Å². The van der Waals surface area contributed by atoms with E-state index in [1.165, 1.54) is 6.33 Å². The number of nitrogens with two attached hydrogens (primary N) is 1. The Labute approximate surface area is 122 Å². The standard InChI is InChI=1S/C16H15N3O2/c1-2-20-12-4-3-5-13(9-12)21-16-14-7-6-11(17)8-15(14)18-10-19-16/h3-10H,2,17H2,1H3. The van der Waals surface area contributed by atoms with Crippen LogP contribution in [0.5, 0.6) is 17.4 Å². The Morgan fingerprint density at radius 1 is 1.05 bits per heavy atom. The van der Waals surface area contributed by atoms with Crippen LogP contribution in [-0.4, -0.2) is 16.6 Å². The Hall–Kier alpha value is -2.82. The van der Waals surface area contributed by atoms with E-state index in [4.69, 9.17) is 15.2 Å². The lowest BCUT2D eigenvalue weighted by Gasteiger charge is -2.09. The van der Waals surface area contributed by atoms with Crippen LogP contribution in [0.3, 0.4) is 0 Å². The molecule has 1 heterocycles. The van der Waals surface area contributed by atoms with Crippen LogP contribution >= 0.6 is 0 Å². The molecule has 0 saturated carbocycles. The van der Waals surface area contributed by atoms with Gasteiger partial charge in [0, 0.05) is 11.8 Å². The molecule has 1 aromatic heterocycles. The predicted octanol–water partition coefficient (Wildman–Crippen LogP) is 3.40. The molecule has 0 fully saturated rings. The van der Waals surface area contributed by atoms with Gasteiger partial charge in [0.1, 0.15) is 17.8 Å². The Kier molecular flexibility index (Phi) is 3.55. The predicted molar refractivity (Wildman–Crippen MR) is 81.6 cm³/mol. The first-order chi connectivity index (χ1) is 10.3. The Bertz CT molecular complexity index is 774. The third-order valence-electron chi connectivity index (χ3n) is 2.96. The van der Waals surface area contributed by atoms with Crippen molar-refractivity contribution in [3.63, 3.8) is 0 Å². The van der Waals surface area contributed by atoms with Crippen molar-refractivity contribution in [3.8, 4) is 17.4 Å². The first-order valence-electron chi connectivity index (χ1n) is 6.67. The summed E-state index contributed by atoms with van der Waals surface area (Å²) in [6, 6.07) is 12.9. The van der Waals surface area contributed by atoms with E-state index in [0.29, 0.717) is 23.9 Å². The Morgan fingerprint density at radius 3 is 2.76 bits per heavy atom. The summed E-state index contributed by atoms with van der Waals surface area (Å²) < 4.78 is 11.3. The van der Waals surface area contributed by atoms with Gasteiger partial charge in [0.2, 0.25) is 5.88 Å². The minimum Gasteiger partial charge on any atom is -0.494 e. The normalized spacial score (nSPS) is 10.5. The SMILES string of the molecule is CCOc1cccc(Oc2ncnc3cc(N)ccc23)c1. The number of rotatable bonds is 4. The summed E-state index contributed by atoms with van der Waals surface area (Å²) in [7, 11) is 0. The molecular weight excluding hydrogens is 266 g/mol. The van der Waals surface area contributed by atoms with Gasteiger partial charge in [-0.1, -0.05) is 6.07 Å². The molecule has 2 N–H and O–H groups in total. The van der Waals surface area contributed by atoms with Crippen molar-refractivity contribution in [2.24, 2.45) is 0 Å². The molecule has 0 bridgehead atoms. The van der Waals surface area contributed by atoms with Crippen LogP contribution in [0.15, 0.2) is 48.8 Å². The van der Waals surface area contributed by atoms with Crippen LogP contribution in [0.25, 0.3) is 10.9 Å². The number of nitrogen functional groups attached to an aromatic ring is 1. The molecule has 2 aromatic carbocycles. The number of aromatic nitrogens is 2. The lowest BCUT2D eigenvalue weighted by Crippen LogP contribution is -1.94. The molecule has 0 aliphatic rings. The first kappa shape index (κ1) is 13.2. The van der Waals surface area contributed by atoms with Crippen molar-refractivity contribution in [2.45, 2.75) is 6.92 Å². The van der Waals surface area contributed by atoms with Gasteiger partial charge < -0.3 is 15.2 Å². The Balaban J connectivity index is 1.96. The van der Waals surface area contributed by atoms with Crippen molar-refractivity contribution in [1.29, 1.82) is 0 Å². The average Bonchev–Trinajstić information content (AvgIpc) is 2.48. The molecule has 3 rings (SSSR count). The van der Waals surface area contributed by atoms with E-state index < -0.39 is 0 Å². The minimum absolute atomic E-state index is 0.494. The van der Waals surface area contributed by atoms with Gasteiger partial charge in [-0.3, -0.25) is 0 Å². The number of nitrogens with zero attached hydrogens (tertiary/aromatic N) is 2. The summed E-state index contributed by atoms with van der Waals surface area (Å²) in [5.41, 5.74) is 7.17. The first-order valence-corrected chi connectivity index (χ1v) is 6.67. The maximum atomic E-state index is 5.85. The maximum Gasteiger partial charge on any atom is 0.230 e. The highest BCUT2D eigenvalue weighted by atomic mass is 16.5. The van der Waals surface area contributed by atoms with E-state index in [2.05, 4.69) is 9.97 Å². The van der Waals surface area contributed by atoms with E-state index in [1.807, 2.05) is 37.3 Å². The zero-order valence-corrected chi connectivity index (χ0v) is 11.6. The summed E-state index contributed by atoms with van der Waals surface area (Å²) in [4.78, 5) is 8.39. The fourth-order valence-corrected chi connectivity index (χ4v) is 2.04. The highest BCUT2D eigenvalue weighted by Crippen LogP contribution is 2.29. The van der Waals surface area contributed by atoms with Gasteiger partial charge >= 0.3 is 0 Å². The molecule has 0 radical (unpaired) electrons. The van der Waals surface area contributed by atoms with Gasteiger partial charge in [-0.15, -0.1) is 0 Å². The zero-order valence-electron chi connectivity index (χ0n) is 11.6. The zero-order chi connectivity index (χ0) is 14.7. The molecule has 0 amide bonds. The van der Waals surface area contributed by atoms with Crippen molar-refractivity contribution < 1.29 is 9.47 Å². The highest BCUT2D eigenvalue weighted by Gasteiger charge is 2.07. The molecule has 0 spiro atoms. The summed E-state index contributed by atoms with van der Waals surface area (Å²) in [5.74, 6) is 1.92. The molecular formula is C16H15N3O2. The molecule has 0 saturated heterocycles. The lowest BCUT2D eigenvalue weighted by atomic mass is 10.2. The largest absolute Gasteiger partial charge is 0.494 e. The maximum absolute atomic E-state index is 5.85. The van der Waals surface area contributed by atoms with E-state index in [-0.39, 0.29) is 0 Å². The molecule has 21 heavy (non-hydrogen) atoms. The van der Waals surface area contributed by atoms with Crippen molar-refractivity contribution in [2.75, 3.05) is 12.3 Å². The quantitative estimate of drug-likeness (QED) is 0.742. The summed E-state index contributed by atoms with van der Waals surface area (Å²) in [5, 5.41) is 0.813. The third-order valence-corrected chi connectivity index (χ3v) is 2.96. The van der Waals surface area contributed by atoms with Crippen LogP contribution in [-0.2, 0) is 0 Å². The molecule has 5 nitrogen and oxygen atoms in total. The monoisotopic (exact) mass is 281 g/mol. The van der Waals surface area contributed by atoms with Gasteiger partial charge in [-0.2, -0.15) is 0 Å². The molecule has 0 aliphatic heterocycles. The van der Waals surface area contributed by atoms with Gasteiger partial charge in [0.15, 0.2) is 0 Å². The number of anilines is 1. The fourth-order valence-electron chi connectivity index (χ4n) is 2.04. The number of hydrogen-bond acceptors (Lipinski definition) is 5. The second kappa shape index (κ2) is 5.66. The molecule has 0 aliphatic carbocycles. The number of ether oxygens (including phenoxy) is 2. The minimum atomic E-state index is 0.494. The lowest BCUT2D eigenvalue weighted by molar-refractivity contribution is 0.338. The molecule has 0 unspecified atom stereocenters. The van der Waals surface area contributed by atoms with Gasteiger partial charge in [0.05, 0.1) is 17.5 Å². The van der Waals surface area contributed by atoms with Gasteiger partial charge in [-0.05, 0) is 37.3 Å². The Morgan fingerprint density at radius 2 is 1.90 bits per heavy atom. The molecule has 0 atom stereocenters. The van der Waals surface area contributed by atoms with Crippen molar-refractivity contribution in [1.82, 2.24) is 9.97 Å². The second-order valence-corrected chi connectivity index (χ2v) is 4.47.